The van der Waals surface area contributed by atoms with Crippen LogP contribution in [0.2, 0.25) is 0 Å². The van der Waals surface area contributed by atoms with Gasteiger partial charge in [-0.15, -0.1) is 0 Å². The summed E-state index contributed by atoms with van der Waals surface area (Å²) < 4.78 is 0. The molecule has 1 atom stereocenters. The maximum absolute atomic E-state index is 12.2. The fourth-order valence-electron chi connectivity index (χ4n) is 2.55. The van der Waals surface area contributed by atoms with Crippen LogP contribution in [0.15, 0.2) is 54.6 Å². The lowest BCUT2D eigenvalue weighted by Gasteiger charge is -2.18. The summed E-state index contributed by atoms with van der Waals surface area (Å²) in [4.78, 5) is 33.7. The summed E-state index contributed by atoms with van der Waals surface area (Å²) in [5.41, 5.74) is 1.63. The first-order valence-corrected chi connectivity index (χ1v) is 8.53. The molecule has 0 heterocycles. The highest BCUT2D eigenvalue weighted by Gasteiger charge is 2.16. The van der Waals surface area contributed by atoms with Crippen LogP contribution in [-0.2, 0) is 9.59 Å². The van der Waals surface area contributed by atoms with Gasteiger partial charge in [0, 0.05) is 37.8 Å². The second kappa shape index (κ2) is 9.91. The SMILES string of the molecule is CC(=O)NC(CC(=O)NCCNc1ccc([N+](=O)[O-])cc1)c1ccccc1. The molecule has 0 aliphatic carbocycles. The van der Waals surface area contributed by atoms with Gasteiger partial charge in [-0.05, 0) is 17.7 Å². The number of anilines is 1. The van der Waals surface area contributed by atoms with Gasteiger partial charge in [0.25, 0.3) is 5.69 Å². The van der Waals surface area contributed by atoms with Gasteiger partial charge in [-0.3, -0.25) is 19.7 Å². The monoisotopic (exact) mass is 370 g/mol. The number of nitro groups is 1. The summed E-state index contributed by atoms with van der Waals surface area (Å²) in [6, 6.07) is 15.0. The highest BCUT2D eigenvalue weighted by Crippen LogP contribution is 2.17. The topological polar surface area (TPSA) is 113 Å². The van der Waals surface area contributed by atoms with Crippen LogP contribution < -0.4 is 16.0 Å². The van der Waals surface area contributed by atoms with E-state index in [1.54, 1.807) is 12.1 Å². The normalized spacial score (nSPS) is 11.3. The first-order valence-electron chi connectivity index (χ1n) is 8.53. The summed E-state index contributed by atoms with van der Waals surface area (Å²) in [5, 5.41) is 19.3. The first kappa shape index (κ1) is 19.9. The van der Waals surface area contributed by atoms with Crippen molar-refractivity contribution >= 4 is 23.2 Å². The predicted octanol–water partition coefficient (Wildman–Crippen LogP) is 2.39. The molecule has 0 spiro atoms. The minimum absolute atomic E-state index is 0.0266. The molecule has 0 bridgehead atoms. The average Bonchev–Trinajstić information content (AvgIpc) is 2.65. The van der Waals surface area contributed by atoms with Crippen molar-refractivity contribution in [2.75, 3.05) is 18.4 Å². The van der Waals surface area contributed by atoms with Crippen molar-refractivity contribution in [3.8, 4) is 0 Å². The lowest BCUT2D eigenvalue weighted by molar-refractivity contribution is -0.384. The molecule has 2 amide bonds. The van der Waals surface area contributed by atoms with Gasteiger partial charge in [0.1, 0.15) is 0 Å². The van der Waals surface area contributed by atoms with Gasteiger partial charge >= 0.3 is 0 Å². The number of amides is 2. The van der Waals surface area contributed by atoms with Crippen molar-refractivity contribution in [1.29, 1.82) is 0 Å². The molecule has 27 heavy (non-hydrogen) atoms. The van der Waals surface area contributed by atoms with Crippen molar-refractivity contribution in [2.45, 2.75) is 19.4 Å². The first-order chi connectivity index (χ1) is 13.0. The molecule has 0 fully saturated rings. The van der Waals surface area contributed by atoms with E-state index in [1.807, 2.05) is 30.3 Å². The summed E-state index contributed by atoms with van der Waals surface area (Å²) in [5.74, 6) is -0.375. The minimum atomic E-state index is -0.456. The molecule has 0 saturated carbocycles. The van der Waals surface area contributed by atoms with E-state index < -0.39 is 4.92 Å². The van der Waals surface area contributed by atoms with Gasteiger partial charge in [0.2, 0.25) is 11.8 Å². The second-order valence-electron chi connectivity index (χ2n) is 5.95. The lowest BCUT2D eigenvalue weighted by Crippen LogP contribution is -2.34. The molecule has 2 rings (SSSR count). The summed E-state index contributed by atoms with van der Waals surface area (Å²) in [6.07, 6.45) is 0.140. The van der Waals surface area contributed by atoms with Crippen LogP contribution in [0.4, 0.5) is 11.4 Å². The Hall–Kier alpha value is -3.42. The van der Waals surface area contributed by atoms with Crippen molar-refractivity contribution in [3.63, 3.8) is 0 Å². The molecule has 8 heteroatoms. The van der Waals surface area contributed by atoms with E-state index in [4.69, 9.17) is 0 Å². The number of hydrogen-bond donors (Lipinski definition) is 3. The number of carbonyl (C=O) groups excluding carboxylic acids is 2. The molecular weight excluding hydrogens is 348 g/mol. The molecule has 0 saturated heterocycles. The Labute approximate surface area is 157 Å². The van der Waals surface area contributed by atoms with E-state index in [0.29, 0.717) is 13.1 Å². The van der Waals surface area contributed by atoms with Crippen LogP contribution in [0.1, 0.15) is 24.9 Å². The van der Waals surface area contributed by atoms with E-state index in [0.717, 1.165) is 11.3 Å². The molecule has 0 aromatic heterocycles. The lowest BCUT2D eigenvalue weighted by atomic mass is 10.0. The number of nitrogens with zero attached hydrogens (tertiary/aromatic N) is 1. The van der Waals surface area contributed by atoms with Crippen LogP contribution in [0, 0.1) is 10.1 Å². The third-order valence-electron chi connectivity index (χ3n) is 3.82. The number of carbonyl (C=O) groups is 2. The van der Waals surface area contributed by atoms with Gasteiger partial charge in [0.05, 0.1) is 17.4 Å². The minimum Gasteiger partial charge on any atom is -0.383 e. The van der Waals surface area contributed by atoms with Crippen LogP contribution in [0.5, 0.6) is 0 Å². The summed E-state index contributed by atoms with van der Waals surface area (Å²) in [7, 11) is 0. The summed E-state index contributed by atoms with van der Waals surface area (Å²) >= 11 is 0. The van der Waals surface area contributed by atoms with Gasteiger partial charge < -0.3 is 16.0 Å². The Morgan fingerprint density at radius 1 is 1.04 bits per heavy atom. The van der Waals surface area contributed by atoms with Crippen LogP contribution in [0.3, 0.4) is 0 Å². The van der Waals surface area contributed by atoms with Crippen molar-refractivity contribution in [2.24, 2.45) is 0 Å². The largest absolute Gasteiger partial charge is 0.383 e. The number of nitrogens with one attached hydrogen (secondary N) is 3. The van der Waals surface area contributed by atoms with Crippen molar-refractivity contribution < 1.29 is 14.5 Å². The molecular formula is C19H22N4O4. The highest BCUT2D eigenvalue weighted by molar-refractivity contribution is 5.79. The van der Waals surface area contributed by atoms with E-state index in [9.17, 15) is 19.7 Å². The van der Waals surface area contributed by atoms with Crippen LogP contribution in [0.25, 0.3) is 0 Å². The number of non-ortho nitro benzene ring substituents is 1. The van der Waals surface area contributed by atoms with Gasteiger partial charge in [0.15, 0.2) is 0 Å². The Morgan fingerprint density at radius 3 is 2.30 bits per heavy atom. The second-order valence-corrected chi connectivity index (χ2v) is 5.95. The maximum Gasteiger partial charge on any atom is 0.269 e. The predicted molar refractivity (Wildman–Crippen MR) is 102 cm³/mol. The standard InChI is InChI=1S/C19H22N4O4/c1-14(24)22-18(15-5-3-2-4-6-15)13-19(25)21-12-11-20-16-7-9-17(10-8-16)23(26)27/h2-10,18,20H,11-13H2,1H3,(H,21,25)(H,22,24). The smallest absolute Gasteiger partial charge is 0.269 e. The average molecular weight is 370 g/mol. The van der Waals surface area contributed by atoms with E-state index in [2.05, 4.69) is 16.0 Å². The van der Waals surface area contributed by atoms with Crippen molar-refractivity contribution in [3.05, 3.63) is 70.3 Å². The number of rotatable bonds is 9. The van der Waals surface area contributed by atoms with Crippen LogP contribution in [-0.4, -0.2) is 29.8 Å². The Morgan fingerprint density at radius 2 is 1.70 bits per heavy atom. The summed E-state index contributed by atoms with van der Waals surface area (Å²) in [6.45, 7) is 2.28. The fourth-order valence-corrected chi connectivity index (χ4v) is 2.55. The molecule has 0 radical (unpaired) electrons. The van der Waals surface area contributed by atoms with Gasteiger partial charge in [-0.2, -0.15) is 0 Å². The zero-order valence-corrected chi connectivity index (χ0v) is 15.0. The third kappa shape index (κ3) is 6.77. The van der Waals surface area contributed by atoms with Gasteiger partial charge in [-0.1, -0.05) is 30.3 Å². The Balaban J connectivity index is 1.78. The van der Waals surface area contributed by atoms with E-state index in [1.165, 1.54) is 19.1 Å². The molecule has 142 valence electrons. The van der Waals surface area contributed by atoms with Crippen LogP contribution >= 0.6 is 0 Å². The molecule has 0 aliphatic rings. The Bertz CT molecular complexity index is 778. The molecule has 2 aromatic carbocycles. The van der Waals surface area contributed by atoms with Gasteiger partial charge in [-0.25, -0.2) is 0 Å². The molecule has 1 unspecified atom stereocenters. The number of benzene rings is 2. The molecule has 2 aromatic rings. The fraction of sp³-hybridized carbons (Fsp3) is 0.263. The highest BCUT2D eigenvalue weighted by atomic mass is 16.6. The molecule has 8 nitrogen and oxygen atoms in total. The third-order valence-corrected chi connectivity index (χ3v) is 3.82. The quantitative estimate of drug-likeness (QED) is 0.356. The Kier molecular flexibility index (Phi) is 7.30. The molecule has 3 N–H and O–H groups in total. The molecule has 0 aliphatic heterocycles. The number of hydrogen-bond acceptors (Lipinski definition) is 5. The number of nitro benzene ring substituents is 1. The van der Waals surface area contributed by atoms with E-state index in [-0.39, 0.29) is 30.0 Å². The maximum atomic E-state index is 12.2. The van der Waals surface area contributed by atoms with E-state index >= 15 is 0 Å². The zero-order valence-electron chi connectivity index (χ0n) is 15.0. The zero-order chi connectivity index (χ0) is 19.6. The van der Waals surface area contributed by atoms with Crippen molar-refractivity contribution in [1.82, 2.24) is 10.6 Å².